The van der Waals surface area contributed by atoms with Gasteiger partial charge in [0.1, 0.15) is 0 Å². The Morgan fingerprint density at radius 1 is 1.55 bits per heavy atom. The Morgan fingerprint density at radius 3 is 2.91 bits per heavy atom. The smallest absolute Gasteiger partial charge is 0.0784 e. The molecular formula is C7H13B3Ru. The molecule has 58 valence electrons. The number of hydrogen-bond donors (Lipinski definition) is 0. The van der Waals surface area contributed by atoms with Crippen LogP contribution in [0.1, 0.15) is 12.8 Å². The SMILES string of the molecule is BBBCCC1=CC=CC1.[Ru]. The van der Waals surface area contributed by atoms with Crippen LogP contribution in [0.3, 0.4) is 0 Å². The molecule has 1 aliphatic rings. The van der Waals surface area contributed by atoms with Gasteiger partial charge in [0.05, 0.1) is 22.0 Å². The van der Waals surface area contributed by atoms with Crippen molar-refractivity contribution in [2.75, 3.05) is 0 Å². The molecule has 0 spiro atoms. The molecule has 0 amide bonds. The molecule has 0 saturated heterocycles. The molecule has 0 unspecified atom stereocenters. The van der Waals surface area contributed by atoms with Crippen molar-refractivity contribution >= 4 is 22.0 Å². The van der Waals surface area contributed by atoms with Gasteiger partial charge in [-0.15, -0.1) is 0 Å². The van der Waals surface area contributed by atoms with Gasteiger partial charge in [0.2, 0.25) is 0 Å². The first-order valence-electron chi connectivity index (χ1n) is 4.28. The Hall–Kier alpha value is 0.298. The largest absolute Gasteiger partial charge is 0.0816 e. The molecule has 0 aromatic heterocycles. The summed E-state index contributed by atoms with van der Waals surface area (Å²) in [6.45, 7) is 0. The third kappa shape index (κ3) is 4.69. The second kappa shape index (κ2) is 6.97. The van der Waals surface area contributed by atoms with Gasteiger partial charge in [-0.3, -0.25) is 0 Å². The van der Waals surface area contributed by atoms with Crippen molar-refractivity contribution in [2.24, 2.45) is 0 Å². The molecule has 1 rings (SSSR count). The molecule has 0 radical (unpaired) electrons. The van der Waals surface area contributed by atoms with Gasteiger partial charge in [-0.2, -0.15) is 0 Å². The molecule has 0 saturated carbocycles. The van der Waals surface area contributed by atoms with Gasteiger partial charge in [0.25, 0.3) is 0 Å². The topological polar surface area (TPSA) is 0 Å². The summed E-state index contributed by atoms with van der Waals surface area (Å²) in [7, 11) is 4.97. The average molecular weight is 231 g/mol. The normalized spacial score (nSPS) is 13.6. The van der Waals surface area contributed by atoms with Crippen LogP contribution in [0.2, 0.25) is 6.32 Å². The van der Waals surface area contributed by atoms with Crippen molar-refractivity contribution in [2.45, 2.75) is 19.2 Å². The van der Waals surface area contributed by atoms with E-state index in [0.717, 1.165) is 0 Å². The zero-order valence-electron chi connectivity index (χ0n) is 7.12. The fraction of sp³-hybridized carbons (Fsp3) is 0.429. The van der Waals surface area contributed by atoms with Crippen molar-refractivity contribution in [3.8, 4) is 0 Å². The van der Waals surface area contributed by atoms with Gasteiger partial charge in [-0.1, -0.05) is 30.1 Å². The summed E-state index contributed by atoms with van der Waals surface area (Å²) in [4.78, 5) is 0. The molecular weight excluding hydrogens is 218 g/mol. The van der Waals surface area contributed by atoms with E-state index in [4.69, 9.17) is 0 Å². The molecule has 0 nitrogen and oxygen atoms in total. The quantitative estimate of drug-likeness (QED) is 0.472. The third-order valence-corrected chi connectivity index (χ3v) is 1.95. The first-order chi connectivity index (χ1) is 4.93. The van der Waals surface area contributed by atoms with E-state index in [1.165, 1.54) is 33.4 Å². The maximum absolute atomic E-state index is 2.26. The minimum atomic E-state index is 0. The Morgan fingerprint density at radius 2 is 2.36 bits per heavy atom. The van der Waals surface area contributed by atoms with Crippen molar-refractivity contribution < 1.29 is 19.5 Å². The third-order valence-electron chi connectivity index (χ3n) is 1.95. The van der Waals surface area contributed by atoms with Gasteiger partial charge in [0, 0.05) is 19.5 Å². The maximum atomic E-state index is 2.26. The van der Waals surface area contributed by atoms with E-state index in [9.17, 15) is 0 Å². The van der Waals surface area contributed by atoms with Crippen LogP contribution in [0, 0.1) is 0 Å². The summed E-state index contributed by atoms with van der Waals surface area (Å²) in [6.07, 6.45) is 10.6. The van der Waals surface area contributed by atoms with Crippen LogP contribution in [0.4, 0.5) is 0 Å². The Bertz CT molecular complexity index is 154. The minimum absolute atomic E-state index is 0. The fourth-order valence-corrected chi connectivity index (χ4v) is 1.28. The maximum Gasteiger partial charge on any atom is 0.0784 e. The molecule has 0 aromatic carbocycles. The van der Waals surface area contributed by atoms with Crippen LogP contribution >= 0.6 is 0 Å². The van der Waals surface area contributed by atoms with E-state index in [2.05, 4.69) is 26.0 Å². The van der Waals surface area contributed by atoms with Crippen molar-refractivity contribution in [1.29, 1.82) is 0 Å². The number of hydrogen-bond acceptors (Lipinski definition) is 0. The summed E-state index contributed by atoms with van der Waals surface area (Å²) in [5, 5.41) is 0. The second-order valence-corrected chi connectivity index (χ2v) is 2.91. The van der Waals surface area contributed by atoms with Crippen molar-refractivity contribution in [3.63, 3.8) is 0 Å². The van der Waals surface area contributed by atoms with Crippen LogP contribution in [0.5, 0.6) is 0 Å². The second-order valence-electron chi connectivity index (χ2n) is 2.91. The predicted molar refractivity (Wildman–Crippen MR) is 54.1 cm³/mol. The zero-order valence-corrected chi connectivity index (χ0v) is 8.86. The van der Waals surface area contributed by atoms with E-state index in [1.807, 2.05) is 0 Å². The molecule has 0 atom stereocenters. The van der Waals surface area contributed by atoms with Crippen LogP contribution in [-0.4, -0.2) is 22.0 Å². The molecule has 4 heteroatoms. The van der Waals surface area contributed by atoms with Crippen molar-refractivity contribution in [3.05, 3.63) is 23.8 Å². The summed E-state index contributed by atoms with van der Waals surface area (Å²) in [6, 6.07) is 0. The monoisotopic (exact) mass is 232 g/mol. The fourth-order valence-electron chi connectivity index (χ4n) is 1.28. The zero-order chi connectivity index (χ0) is 7.23. The number of rotatable bonds is 4. The van der Waals surface area contributed by atoms with E-state index in [-0.39, 0.29) is 19.5 Å². The first kappa shape index (κ1) is 11.3. The molecule has 0 heterocycles. The van der Waals surface area contributed by atoms with Gasteiger partial charge in [-0.05, 0) is 12.8 Å². The summed E-state index contributed by atoms with van der Waals surface area (Å²) < 4.78 is 0. The van der Waals surface area contributed by atoms with E-state index < -0.39 is 0 Å². The first-order valence-corrected chi connectivity index (χ1v) is 4.28. The molecule has 1 aliphatic carbocycles. The summed E-state index contributed by atoms with van der Waals surface area (Å²) >= 11 is 0. The van der Waals surface area contributed by atoms with Gasteiger partial charge in [0.15, 0.2) is 0 Å². The average Bonchev–Trinajstić information content (AvgIpc) is 2.41. The summed E-state index contributed by atoms with van der Waals surface area (Å²) in [5.74, 6) is 0. The minimum Gasteiger partial charge on any atom is -0.0816 e. The van der Waals surface area contributed by atoms with Crippen molar-refractivity contribution in [1.82, 2.24) is 0 Å². The Labute approximate surface area is 84.5 Å². The van der Waals surface area contributed by atoms with Crippen LogP contribution in [0.15, 0.2) is 23.8 Å². The molecule has 0 aliphatic heterocycles. The molecule has 0 fully saturated rings. The standard InChI is InChI=1S/C7H13B3.Ru/c8-10-9-6-5-7-3-1-2-4-7;/h1-3,9-10H,4-6,8H2;. The van der Waals surface area contributed by atoms with E-state index in [0.29, 0.717) is 0 Å². The van der Waals surface area contributed by atoms with Crippen LogP contribution in [-0.2, 0) is 19.5 Å². The molecule has 0 bridgehead atoms. The van der Waals surface area contributed by atoms with Gasteiger partial charge in [-0.25, -0.2) is 0 Å². The molecule has 0 N–H and O–H groups in total. The predicted octanol–water partition coefficient (Wildman–Crippen LogP) is 0.0147. The van der Waals surface area contributed by atoms with Crippen LogP contribution in [0.25, 0.3) is 0 Å². The van der Waals surface area contributed by atoms with Crippen LogP contribution < -0.4 is 0 Å². The Kier molecular flexibility index (Phi) is 7.16. The van der Waals surface area contributed by atoms with Gasteiger partial charge < -0.3 is 0 Å². The van der Waals surface area contributed by atoms with E-state index in [1.54, 1.807) is 5.57 Å². The Balaban J connectivity index is 0.000001000. The summed E-state index contributed by atoms with van der Waals surface area (Å²) in [5.41, 5.74) is 1.62. The van der Waals surface area contributed by atoms with E-state index >= 15 is 0 Å². The van der Waals surface area contributed by atoms with Gasteiger partial charge >= 0.3 is 0 Å². The molecule has 11 heavy (non-hydrogen) atoms. The molecule has 0 aromatic rings. The number of allylic oxidation sites excluding steroid dienone is 4.